The van der Waals surface area contributed by atoms with Gasteiger partial charge in [-0.3, -0.25) is 9.53 Å². The van der Waals surface area contributed by atoms with Crippen molar-refractivity contribution in [2.75, 3.05) is 24.4 Å². The highest BCUT2D eigenvalue weighted by molar-refractivity contribution is 7.84. The normalized spacial score (nSPS) is 13.4. The van der Waals surface area contributed by atoms with E-state index in [1.165, 1.54) is 4.90 Å². The summed E-state index contributed by atoms with van der Waals surface area (Å²) in [4.78, 5) is 13.7. The average molecular weight is 320 g/mol. The molecule has 7 heteroatoms. The van der Waals surface area contributed by atoms with Crippen molar-refractivity contribution >= 4 is 22.6 Å². The van der Waals surface area contributed by atoms with Crippen molar-refractivity contribution in [3.63, 3.8) is 0 Å². The first-order chi connectivity index (χ1) is 10.5. The third kappa shape index (κ3) is 4.17. The molecule has 0 unspecified atom stereocenters. The molecule has 118 valence electrons. The van der Waals surface area contributed by atoms with E-state index in [4.69, 9.17) is 0 Å². The van der Waals surface area contributed by atoms with Gasteiger partial charge in [-0.15, -0.1) is 5.10 Å². The minimum atomic E-state index is -0.941. The number of carbonyl (C=O) groups is 1. The molecule has 1 heterocycles. The van der Waals surface area contributed by atoms with Gasteiger partial charge in [-0.1, -0.05) is 18.2 Å². The second-order valence-corrected chi connectivity index (χ2v) is 6.59. The van der Waals surface area contributed by atoms with E-state index in [1.807, 2.05) is 37.3 Å². The molecule has 22 heavy (non-hydrogen) atoms. The van der Waals surface area contributed by atoms with Crippen LogP contribution in [0.5, 0.6) is 0 Å². The lowest BCUT2D eigenvalue weighted by Crippen LogP contribution is -2.41. The summed E-state index contributed by atoms with van der Waals surface area (Å²) in [6.45, 7) is 1.86. The van der Waals surface area contributed by atoms with E-state index in [0.717, 1.165) is 5.69 Å². The highest BCUT2D eigenvalue weighted by atomic mass is 32.2. The molecule has 2 aromatic rings. The molecule has 0 spiro atoms. The molecule has 0 bridgehead atoms. The second kappa shape index (κ2) is 7.22. The number of urea groups is 1. The molecule has 2 atom stereocenters. The fraction of sp³-hybridized carbons (Fsp3) is 0.333. The molecule has 2 amide bonds. The summed E-state index contributed by atoms with van der Waals surface area (Å²) in [7, 11) is 0.740. The van der Waals surface area contributed by atoms with Gasteiger partial charge in [-0.25, -0.2) is 9.48 Å². The van der Waals surface area contributed by atoms with Crippen LogP contribution >= 0.6 is 0 Å². The quantitative estimate of drug-likeness (QED) is 0.917. The van der Waals surface area contributed by atoms with Gasteiger partial charge >= 0.3 is 6.03 Å². The Morgan fingerprint density at radius 2 is 2.05 bits per heavy atom. The van der Waals surface area contributed by atoms with Crippen LogP contribution in [0, 0.1) is 0 Å². The Labute approximate surface area is 132 Å². The van der Waals surface area contributed by atoms with E-state index in [0.29, 0.717) is 11.6 Å². The van der Waals surface area contributed by atoms with Crippen LogP contribution in [0.15, 0.2) is 42.6 Å². The summed E-state index contributed by atoms with van der Waals surface area (Å²) in [5, 5.41) is 7.06. The third-order valence-electron chi connectivity index (χ3n) is 3.30. The number of nitrogens with one attached hydrogen (secondary N) is 1. The Hall–Kier alpha value is -2.15. The van der Waals surface area contributed by atoms with Crippen LogP contribution in [0.25, 0.3) is 5.69 Å². The summed E-state index contributed by atoms with van der Waals surface area (Å²) in [5.74, 6) is 0.924. The van der Waals surface area contributed by atoms with Gasteiger partial charge in [0, 0.05) is 48.2 Å². The predicted molar refractivity (Wildman–Crippen MR) is 88.7 cm³/mol. The number of hydrogen-bond donors (Lipinski definition) is 1. The standard InChI is InChI=1S/C15H20N4O2S/c1-12(11-22(3)21)18(2)15(20)16-14-9-10-19(17-14)13-7-5-4-6-8-13/h4-10,12H,11H2,1-3H3,(H,16,17,20)/t12-,22+/m0/s1. The fourth-order valence-corrected chi connectivity index (χ4v) is 2.87. The molecule has 0 saturated heterocycles. The summed E-state index contributed by atoms with van der Waals surface area (Å²) in [6, 6.07) is 11.0. The Kier molecular flexibility index (Phi) is 5.32. The summed E-state index contributed by atoms with van der Waals surface area (Å²) in [6.07, 6.45) is 3.42. The number of nitrogens with zero attached hydrogens (tertiary/aromatic N) is 3. The number of anilines is 1. The SMILES string of the molecule is C[C@@H](C[S@@](C)=O)N(C)C(=O)Nc1ccn(-c2ccccc2)n1. The first-order valence-electron chi connectivity index (χ1n) is 6.92. The summed E-state index contributed by atoms with van der Waals surface area (Å²) in [5.41, 5.74) is 0.922. The minimum Gasteiger partial charge on any atom is -0.324 e. The van der Waals surface area contributed by atoms with Crippen LogP contribution in [0.1, 0.15) is 6.92 Å². The van der Waals surface area contributed by atoms with Crippen molar-refractivity contribution in [2.45, 2.75) is 13.0 Å². The number of hydrogen-bond acceptors (Lipinski definition) is 3. The van der Waals surface area contributed by atoms with Gasteiger partial charge in [0.05, 0.1) is 5.69 Å². The molecule has 0 aliphatic rings. The molecule has 0 saturated carbocycles. The second-order valence-electron chi connectivity index (χ2n) is 5.11. The molecule has 6 nitrogen and oxygen atoms in total. The maximum Gasteiger partial charge on any atom is 0.323 e. The predicted octanol–water partition coefficient (Wildman–Crippen LogP) is 2.10. The molecule has 0 aliphatic carbocycles. The first kappa shape index (κ1) is 16.2. The van der Waals surface area contributed by atoms with Gasteiger partial charge in [0.2, 0.25) is 0 Å². The van der Waals surface area contributed by atoms with Crippen LogP contribution in [0.3, 0.4) is 0 Å². The Balaban J connectivity index is 2.01. The molecule has 2 rings (SSSR count). The van der Waals surface area contributed by atoms with Crippen LogP contribution in [0.2, 0.25) is 0 Å². The summed E-state index contributed by atoms with van der Waals surface area (Å²) < 4.78 is 12.9. The maximum atomic E-state index is 12.1. The largest absolute Gasteiger partial charge is 0.324 e. The smallest absolute Gasteiger partial charge is 0.323 e. The Morgan fingerprint density at radius 3 is 2.68 bits per heavy atom. The van der Waals surface area contributed by atoms with E-state index in [1.54, 1.807) is 30.2 Å². The van der Waals surface area contributed by atoms with E-state index in [9.17, 15) is 9.00 Å². The van der Waals surface area contributed by atoms with Gasteiger partial charge in [0.1, 0.15) is 0 Å². The monoisotopic (exact) mass is 320 g/mol. The number of carbonyl (C=O) groups excluding carboxylic acids is 1. The fourth-order valence-electron chi connectivity index (χ4n) is 1.96. The molecular weight excluding hydrogens is 300 g/mol. The zero-order valence-corrected chi connectivity index (χ0v) is 13.7. The van der Waals surface area contributed by atoms with Crippen LogP contribution in [-0.4, -0.2) is 50.0 Å². The molecule has 0 radical (unpaired) electrons. The van der Waals surface area contributed by atoms with Gasteiger partial charge < -0.3 is 4.90 Å². The van der Waals surface area contributed by atoms with Gasteiger partial charge in [0.25, 0.3) is 0 Å². The number of rotatable bonds is 5. The number of para-hydroxylation sites is 1. The highest BCUT2D eigenvalue weighted by Crippen LogP contribution is 2.11. The number of benzene rings is 1. The van der Waals surface area contributed by atoms with Crippen molar-refractivity contribution in [1.29, 1.82) is 0 Å². The lowest BCUT2D eigenvalue weighted by atomic mass is 10.3. The van der Waals surface area contributed by atoms with Crippen LogP contribution in [0.4, 0.5) is 10.6 Å². The Bertz CT molecular complexity index is 657. The molecule has 1 aromatic heterocycles. The first-order valence-corrected chi connectivity index (χ1v) is 8.65. The zero-order valence-electron chi connectivity index (χ0n) is 12.9. The van der Waals surface area contributed by atoms with Crippen molar-refractivity contribution in [2.24, 2.45) is 0 Å². The molecular formula is C15H20N4O2S. The van der Waals surface area contributed by atoms with E-state index in [-0.39, 0.29) is 12.1 Å². The van der Waals surface area contributed by atoms with Crippen molar-refractivity contribution in [1.82, 2.24) is 14.7 Å². The topological polar surface area (TPSA) is 67.2 Å². The minimum absolute atomic E-state index is 0.109. The van der Waals surface area contributed by atoms with Crippen molar-refractivity contribution < 1.29 is 9.00 Å². The lowest BCUT2D eigenvalue weighted by molar-refractivity contribution is 0.212. The van der Waals surface area contributed by atoms with Gasteiger partial charge in [-0.2, -0.15) is 0 Å². The molecule has 1 aromatic carbocycles. The highest BCUT2D eigenvalue weighted by Gasteiger charge is 2.17. The molecule has 0 fully saturated rings. The van der Waals surface area contributed by atoms with Gasteiger partial charge in [-0.05, 0) is 19.1 Å². The number of aromatic nitrogens is 2. The van der Waals surface area contributed by atoms with E-state index in [2.05, 4.69) is 10.4 Å². The molecule has 1 N–H and O–H groups in total. The summed E-state index contributed by atoms with van der Waals surface area (Å²) >= 11 is 0. The third-order valence-corrected chi connectivity index (χ3v) is 4.25. The van der Waals surface area contributed by atoms with E-state index >= 15 is 0 Å². The maximum absolute atomic E-state index is 12.1. The lowest BCUT2D eigenvalue weighted by Gasteiger charge is -2.23. The van der Waals surface area contributed by atoms with Crippen molar-refractivity contribution in [3.05, 3.63) is 42.6 Å². The average Bonchev–Trinajstić information content (AvgIpc) is 2.95. The Morgan fingerprint density at radius 1 is 1.36 bits per heavy atom. The molecule has 0 aliphatic heterocycles. The van der Waals surface area contributed by atoms with Crippen molar-refractivity contribution in [3.8, 4) is 5.69 Å². The van der Waals surface area contributed by atoms with Crippen LogP contribution < -0.4 is 5.32 Å². The van der Waals surface area contributed by atoms with Gasteiger partial charge in [0.15, 0.2) is 5.82 Å². The van der Waals surface area contributed by atoms with E-state index < -0.39 is 10.8 Å². The number of amides is 2. The van der Waals surface area contributed by atoms with Crippen LogP contribution in [-0.2, 0) is 10.8 Å². The zero-order chi connectivity index (χ0) is 16.1.